The smallest absolute Gasteiger partial charge is 0.160 e. The van der Waals surface area contributed by atoms with Crippen molar-refractivity contribution in [2.45, 2.75) is 20.4 Å². The van der Waals surface area contributed by atoms with Crippen molar-refractivity contribution >= 4 is 39.1 Å². The van der Waals surface area contributed by atoms with Crippen LogP contribution in [0.3, 0.4) is 0 Å². The summed E-state index contributed by atoms with van der Waals surface area (Å²) in [5.41, 5.74) is 4.13. The lowest BCUT2D eigenvalue weighted by atomic mass is 10.2. The molecule has 0 bridgehead atoms. The highest BCUT2D eigenvalue weighted by atomic mass is 16.4. The fraction of sp³-hybridized carbons (Fsp3) is 0.286. The Hall–Kier alpha value is -2.99. The van der Waals surface area contributed by atoms with Gasteiger partial charge in [0.1, 0.15) is 5.52 Å². The summed E-state index contributed by atoms with van der Waals surface area (Å²) in [5, 5.41) is 12.2. The molecule has 138 valence electrons. The van der Waals surface area contributed by atoms with Gasteiger partial charge in [-0.25, -0.2) is 9.97 Å². The number of carboxylic acids is 1. The summed E-state index contributed by atoms with van der Waals surface area (Å²) in [6, 6.07) is 12.9. The van der Waals surface area contributed by atoms with E-state index in [0.29, 0.717) is 11.0 Å². The molecule has 0 unspecified atom stereocenters. The summed E-state index contributed by atoms with van der Waals surface area (Å²) < 4.78 is 2.23. The highest BCUT2D eigenvalue weighted by Crippen LogP contribution is 2.28. The summed E-state index contributed by atoms with van der Waals surface area (Å²) in [6.07, 6.45) is 0. The molecule has 0 spiro atoms. The number of aromatic carboxylic acids is 1. The van der Waals surface area contributed by atoms with Crippen molar-refractivity contribution < 1.29 is 14.8 Å². The van der Waals surface area contributed by atoms with Crippen LogP contribution >= 0.6 is 0 Å². The maximum absolute atomic E-state index is 11.2. The van der Waals surface area contributed by atoms with Crippen LogP contribution < -0.4 is 10.0 Å². The van der Waals surface area contributed by atoms with Gasteiger partial charge in [-0.05, 0) is 37.6 Å². The fourth-order valence-corrected chi connectivity index (χ4v) is 3.66. The number of rotatable bonds is 6. The van der Waals surface area contributed by atoms with E-state index in [1.807, 2.05) is 18.2 Å². The molecule has 6 nitrogen and oxygen atoms in total. The number of nitrogens with one attached hydrogen (secondary N) is 1. The summed E-state index contributed by atoms with van der Waals surface area (Å²) >= 11 is 0. The van der Waals surface area contributed by atoms with E-state index in [4.69, 9.17) is 9.97 Å². The molecule has 2 aromatic heterocycles. The van der Waals surface area contributed by atoms with Crippen molar-refractivity contribution in [3.05, 3.63) is 48.0 Å². The van der Waals surface area contributed by atoms with Crippen LogP contribution in [0.25, 0.3) is 33.1 Å². The largest absolute Gasteiger partial charge is 0.545 e. The monoisotopic (exact) mass is 362 g/mol. The Morgan fingerprint density at radius 3 is 2.59 bits per heavy atom. The number of benzene rings is 2. The minimum absolute atomic E-state index is 0.116. The molecular formula is C21H22N4O2. The molecule has 2 aromatic carbocycles. The van der Waals surface area contributed by atoms with Crippen molar-refractivity contribution in [2.24, 2.45) is 0 Å². The molecule has 0 aliphatic heterocycles. The molecule has 0 fully saturated rings. The van der Waals surface area contributed by atoms with Crippen molar-refractivity contribution in [3.8, 4) is 0 Å². The van der Waals surface area contributed by atoms with Gasteiger partial charge in [-0.2, -0.15) is 0 Å². The predicted molar refractivity (Wildman–Crippen MR) is 104 cm³/mol. The summed E-state index contributed by atoms with van der Waals surface area (Å²) in [4.78, 5) is 22.3. The topological polar surface area (TPSA) is 75.3 Å². The highest BCUT2D eigenvalue weighted by Gasteiger charge is 2.15. The Kier molecular flexibility index (Phi) is 4.49. The molecule has 6 heteroatoms. The molecule has 0 saturated heterocycles. The van der Waals surface area contributed by atoms with Gasteiger partial charge in [-0.3, -0.25) is 0 Å². The van der Waals surface area contributed by atoms with Gasteiger partial charge >= 0.3 is 0 Å². The Morgan fingerprint density at radius 2 is 1.85 bits per heavy atom. The predicted octanol–water partition coefficient (Wildman–Crippen LogP) is 1.03. The number of hydrogen-bond donors (Lipinski definition) is 1. The lowest BCUT2D eigenvalue weighted by Crippen LogP contribution is -3.11. The average molecular weight is 362 g/mol. The number of carbonyl (C=O) groups excluding carboxylic acids is 1. The number of carboxylic acid groups (broad SMARTS) is 1. The molecule has 1 N–H and O–H groups in total. The number of para-hydroxylation sites is 1. The quantitative estimate of drug-likeness (QED) is 0.556. The summed E-state index contributed by atoms with van der Waals surface area (Å²) in [7, 11) is 0. The van der Waals surface area contributed by atoms with Crippen LogP contribution in [-0.2, 0) is 6.54 Å². The van der Waals surface area contributed by atoms with Gasteiger partial charge in [0.15, 0.2) is 5.65 Å². The third kappa shape index (κ3) is 3.02. The number of nitrogens with zero attached hydrogens (tertiary/aromatic N) is 3. The normalized spacial score (nSPS) is 11.8. The maximum Gasteiger partial charge on any atom is 0.160 e. The van der Waals surface area contributed by atoms with Gasteiger partial charge in [0.25, 0.3) is 0 Å². The average Bonchev–Trinajstić information content (AvgIpc) is 2.99. The SMILES string of the molecule is CC[NH+](CC)CCn1c2ccccc2c2nc3cc(C(=O)[O-])ccc3nc21. The number of quaternary nitrogens is 1. The van der Waals surface area contributed by atoms with Gasteiger partial charge in [0.05, 0.1) is 48.7 Å². The zero-order chi connectivity index (χ0) is 19.0. The van der Waals surface area contributed by atoms with E-state index >= 15 is 0 Å². The third-order valence-electron chi connectivity index (χ3n) is 5.28. The van der Waals surface area contributed by atoms with E-state index in [9.17, 15) is 9.90 Å². The Balaban J connectivity index is 1.92. The Morgan fingerprint density at radius 1 is 1.07 bits per heavy atom. The molecule has 2 heterocycles. The molecule has 0 atom stereocenters. The minimum atomic E-state index is -1.21. The first-order valence-electron chi connectivity index (χ1n) is 9.36. The molecule has 4 aromatic rings. The van der Waals surface area contributed by atoms with Gasteiger partial charge in [-0.15, -0.1) is 0 Å². The zero-order valence-electron chi connectivity index (χ0n) is 15.5. The summed E-state index contributed by atoms with van der Waals surface area (Å²) in [6.45, 7) is 8.46. The number of aromatic nitrogens is 3. The summed E-state index contributed by atoms with van der Waals surface area (Å²) in [5.74, 6) is -1.21. The zero-order valence-corrected chi connectivity index (χ0v) is 15.5. The van der Waals surface area contributed by atoms with Gasteiger partial charge in [-0.1, -0.05) is 24.3 Å². The van der Waals surface area contributed by atoms with Crippen molar-refractivity contribution in [1.82, 2.24) is 14.5 Å². The first kappa shape index (κ1) is 17.4. The van der Waals surface area contributed by atoms with Crippen LogP contribution in [0, 0.1) is 0 Å². The molecule has 0 aliphatic carbocycles. The number of carbonyl (C=O) groups is 1. The van der Waals surface area contributed by atoms with Crippen molar-refractivity contribution in [3.63, 3.8) is 0 Å². The van der Waals surface area contributed by atoms with Gasteiger partial charge < -0.3 is 19.4 Å². The number of hydrogen-bond acceptors (Lipinski definition) is 4. The molecule has 0 radical (unpaired) electrons. The van der Waals surface area contributed by atoms with Gasteiger partial charge in [0.2, 0.25) is 0 Å². The van der Waals surface area contributed by atoms with Crippen molar-refractivity contribution in [1.29, 1.82) is 0 Å². The van der Waals surface area contributed by atoms with E-state index in [1.54, 1.807) is 6.07 Å². The van der Waals surface area contributed by atoms with Crippen LogP contribution in [0.1, 0.15) is 24.2 Å². The van der Waals surface area contributed by atoms with Crippen LogP contribution in [0.5, 0.6) is 0 Å². The molecule has 0 saturated carbocycles. The second kappa shape index (κ2) is 6.96. The van der Waals surface area contributed by atoms with E-state index in [0.717, 1.165) is 48.2 Å². The second-order valence-corrected chi connectivity index (χ2v) is 6.76. The number of fused-ring (bicyclic) bond motifs is 4. The molecular weight excluding hydrogens is 340 g/mol. The Labute approximate surface area is 157 Å². The van der Waals surface area contributed by atoms with Crippen LogP contribution in [-0.4, -0.2) is 40.1 Å². The maximum atomic E-state index is 11.2. The van der Waals surface area contributed by atoms with E-state index in [1.165, 1.54) is 17.0 Å². The molecule has 0 aliphatic rings. The first-order chi connectivity index (χ1) is 13.1. The van der Waals surface area contributed by atoms with Crippen LogP contribution in [0.2, 0.25) is 0 Å². The van der Waals surface area contributed by atoms with E-state index in [-0.39, 0.29) is 5.56 Å². The lowest BCUT2D eigenvalue weighted by Gasteiger charge is -2.16. The second-order valence-electron chi connectivity index (χ2n) is 6.76. The van der Waals surface area contributed by atoms with Crippen LogP contribution in [0.15, 0.2) is 42.5 Å². The minimum Gasteiger partial charge on any atom is -0.545 e. The lowest BCUT2D eigenvalue weighted by molar-refractivity contribution is -0.897. The molecule has 0 amide bonds. The molecule has 27 heavy (non-hydrogen) atoms. The first-order valence-corrected chi connectivity index (χ1v) is 9.36. The number of likely N-dealkylation sites (N-methyl/N-ethyl adjacent to an activating group) is 1. The van der Waals surface area contributed by atoms with E-state index < -0.39 is 5.97 Å². The van der Waals surface area contributed by atoms with Gasteiger partial charge in [0, 0.05) is 5.39 Å². The highest BCUT2D eigenvalue weighted by molar-refractivity contribution is 6.06. The third-order valence-corrected chi connectivity index (χ3v) is 5.28. The molecule has 4 rings (SSSR count). The van der Waals surface area contributed by atoms with E-state index in [2.05, 4.69) is 24.5 Å². The Bertz CT molecular complexity index is 1150. The van der Waals surface area contributed by atoms with Crippen molar-refractivity contribution in [2.75, 3.05) is 19.6 Å². The van der Waals surface area contributed by atoms with Crippen LogP contribution in [0.4, 0.5) is 0 Å². The standard InChI is InChI=1S/C21H22N4O2/c1-3-24(4-2)11-12-25-18-8-6-5-7-15(18)19-20(25)23-16-10-9-14(21(26)27)13-17(16)22-19/h5-10,13H,3-4,11-12H2,1-2H3,(H,26,27). The fourth-order valence-electron chi connectivity index (χ4n) is 3.66.